The van der Waals surface area contributed by atoms with E-state index in [1.54, 1.807) is 21.3 Å². The van der Waals surface area contributed by atoms with Gasteiger partial charge < -0.3 is 14.2 Å². The summed E-state index contributed by atoms with van der Waals surface area (Å²) in [5.41, 5.74) is 1.12. The van der Waals surface area contributed by atoms with Crippen LogP contribution >= 0.6 is 15.9 Å². The van der Waals surface area contributed by atoms with Crippen molar-refractivity contribution in [2.45, 2.75) is 24.6 Å². The van der Waals surface area contributed by atoms with Gasteiger partial charge in [-0.3, -0.25) is 0 Å². The number of benzene rings is 1. The van der Waals surface area contributed by atoms with Crippen molar-refractivity contribution >= 4 is 15.9 Å². The van der Waals surface area contributed by atoms with Gasteiger partial charge in [-0.25, -0.2) is 0 Å². The fourth-order valence-electron chi connectivity index (χ4n) is 2.49. The number of alkyl halides is 1. The first-order valence-electron chi connectivity index (χ1n) is 6.57. The van der Waals surface area contributed by atoms with E-state index in [0.29, 0.717) is 17.4 Å². The molecule has 1 fully saturated rings. The molecule has 1 aromatic rings. The highest BCUT2D eigenvalue weighted by Crippen LogP contribution is 2.51. The molecule has 2 unspecified atom stereocenters. The molecule has 1 aliphatic carbocycles. The summed E-state index contributed by atoms with van der Waals surface area (Å²) in [7, 11) is 4.94. The summed E-state index contributed by atoms with van der Waals surface area (Å²) >= 11 is 3.82. The van der Waals surface area contributed by atoms with E-state index in [-0.39, 0.29) is 4.83 Å². The van der Waals surface area contributed by atoms with Gasteiger partial charge in [0.05, 0.1) is 21.3 Å². The fraction of sp³-hybridized carbons (Fsp3) is 0.600. The molecular formula is C15H21BrO3. The van der Waals surface area contributed by atoms with Gasteiger partial charge in [-0.05, 0) is 30.7 Å². The fourth-order valence-corrected chi connectivity index (χ4v) is 3.28. The Kier molecular flexibility index (Phi) is 4.61. The minimum Gasteiger partial charge on any atom is -0.493 e. The van der Waals surface area contributed by atoms with Gasteiger partial charge in [0.15, 0.2) is 11.5 Å². The van der Waals surface area contributed by atoms with Gasteiger partial charge in [-0.1, -0.05) is 28.9 Å². The molecule has 2 rings (SSSR count). The summed E-state index contributed by atoms with van der Waals surface area (Å²) in [6.45, 7) is 2.28. The predicted molar refractivity (Wildman–Crippen MR) is 79.7 cm³/mol. The molecule has 0 amide bonds. The maximum absolute atomic E-state index is 5.55. The Balaban J connectivity index is 2.38. The summed E-state index contributed by atoms with van der Waals surface area (Å²) in [5, 5.41) is 0. The van der Waals surface area contributed by atoms with Gasteiger partial charge in [0.1, 0.15) is 0 Å². The number of ether oxygens (including phenoxy) is 3. The lowest BCUT2D eigenvalue weighted by atomic mass is 9.95. The van der Waals surface area contributed by atoms with E-state index in [9.17, 15) is 0 Å². The minimum atomic E-state index is 0.273. The summed E-state index contributed by atoms with van der Waals surface area (Å²) in [6, 6.07) is 3.99. The van der Waals surface area contributed by atoms with Crippen molar-refractivity contribution in [1.29, 1.82) is 0 Å². The first kappa shape index (κ1) is 14.5. The summed E-state index contributed by atoms with van der Waals surface area (Å²) < 4.78 is 16.3. The van der Waals surface area contributed by atoms with E-state index in [1.165, 1.54) is 12.8 Å². The Labute approximate surface area is 123 Å². The third-order valence-corrected chi connectivity index (χ3v) is 5.19. The Morgan fingerprint density at radius 2 is 1.68 bits per heavy atom. The highest BCUT2D eigenvalue weighted by Gasteiger charge is 2.34. The largest absolute Gasteiger partial charge is 0.493 e. The molecule has 2 atom stereocenters. The highest BCUT2D eigenvalue weighted by atomic mass is 79.9. The van der Waals surface area contributed by atoms with Gasteiger partial charge in [-0.2, -0.15) is 0 Å². The van der Waals surface area contributed by atoms with Gasteiger partial charge in [0.25, 0.3) is 0 Å². The Morgan fingerprint density at radius 3 is 2.16 bits per heavy atom. The van der Waals surface area contributed by atoms with Crippen molar-refractivity contribution in [2.24, 2.45) is 11.8 Å². The zero-order valence-electron chi connectivity index (χ0n) is 11.9. The van der Waals surface area contributed by atoms with E-state index < -0.39 is 0 Å². The first-order chi connectivity index (χ1) is 9.13. The maximum Gasteiger partial charge on any atom is 0.203 e. The van der Waals surface area contributed by atoms with Crippen LogP contribution in [0.15, 0.2) is 12.1 Å². The molecule has 1 saturated carbocycles. The van der Waals surface area contributed by atoms with E-state index in [4.69, 9.17) is 14.2 Å². The molecule has 0 aromatic heterocycles. The van der Waals surface area contributed by atoms with E-state index >= 15 is 0 Å². The number of hydrogen-bond donors (Lipinski definition) is 0. The molecule has 0 spiro atoms. The monoisotopic (exact) mass is 328 g/mol. The van der Waals surface area contributed by atoms with Crippen LogP contribution in [-0.2, 0) is 0 Å². The second-order valence-electron chi connectivity index (χ2n) is 5.02. The SMILES string of the molecule is COc1ccc(C(Br)C(C)C2CC2)c(OC)c1OC. The molecule has 106 valence electrons. The number of methoxy groups -OCH3 is 3. The molecular weight excluding hydrogens is 308 g/mol. The molecule has 0 heterocycles. The first-order valence-corrected chi connectivity index (χ1v) is 7.48. The van der Waals surface area contributed by atoms with Crippen LogP contribution in [0.4, 0.5) is 0 Å². The molecule has 19 heavy (non-hydrogen) atoms. The van der Waals surface area contributed by atoms with Crippen molar-refractivity contribution in [3.05, 3.63) is 17.7 Å². The molecule has 0 saturated heterocycles. The van der Waals surface area contributed by atoms with Crippen LogP contribution in [0, 0.1) is 11.8 Å². The van der Waals surface area contributed by atoms with Crippen LogP contribution in [0.3, 0.4) is 0 Å². The molecule has 1 aliphatic rings. The summed E-state index contributed by atoms with van der Waals surface area (Å²) in [6.07, 6.45) is 2.66. The zero-order chi connectivity index (χ0) is 14.0. The average molecular weight is 329 g/mol. The quantitative estimate of drug-likeness (QED) is 0.732. The third kappa shape index (κ3) is 2.83. The Bertz CT molecular complexity index is 443. The normalized spacial score (nSPS) is 17.7. The van der Waals surface area contributed by atoms with E-state index in [1.807, 2.05) is 6.07 Å². The molecule has 4 heteroatoms. The van der Waals surface area contributed by atoms with Crippen LogP contribution in [0.25, 0.3) is 0 Å². The van der Waals surface area contributed by atoms with Crippen LogP contribution < -0.4 is 14.2 Å². The lowest BCUT2D eigenvalue weighted by molar-refractivity contribution is 0.320. The molecule has 0 bridgehead atoms. The van der Waals surface area contributed by atoms with Gasteiger partial charge >= 0.3 is 0 Å². The van der Waals surface area contributed by atoms with Gasteiger partial charge in [0.2, 0.25) is 5.75 Å². The zero-order valence-corrected chi connectivity index (χ0v) is 13.5. The summed E-state index contributed by atoms with van der Waals surface area (Å²) in [4.78, 5) is 0.273. The summed E-state index contributed by atoms with van der Waals surface area (Å²) in [5.74, 6) is 3.53. The minimum absolute atomic E-state index is 0.273. The van der Waals surface area contributed by atoms with Crippen molar-refractivity contribution < 1.29 is 14.2 Å². The molecule has 0 radical (unpaired) electrons. The van der Waals surface area contributed by atoms with Crippen molar-refractivity contribution in [2.75, 3.05) is 21.3 Å². The van der Waals surface area contributed by atoms with Crippen LogP contribution in [-0.4, -0.2) is 21.3 Å². The topological polar surface area (TPSA) is 27.7 Å². The molecule has 1 aromatic carbocycles. The smallest absolute Gasteiger partial charge is 0.203 e. The number of halogens is 1. The molecule has 0 N–H and O–H groups in total. The Morgan fingerprint density at radius 1 is 1.05 bits per heavy atom. The van der Waals surface area contributed by atoms with Crippen molar-refractivity contribution in [1.82, 2.24) is 0 Å². The predicted octanol–water partition coefficient (Wildman–Crippen LogP) is 4.19. The van der Waals surface area contributed by atoms with E-state index in [0.717, 1.165) is 17.2 Å². The lowest BCUT2D eigenvalue weighted by Crippen LogP contribution is -2.08. The van der Waals surface area contributed by atoms with Crippen molar-refractivity contribution in [3.63, 3.8) is 0 Å². The van der Waals surface area contributed by atoms with Gasteiger partial charge in [0, 0.05) is 10.4 Å². The average Bonchev–Trinajstić information content (AvgIpc) is 3.28. The van der Waals surface area contributed by atoms with Crippen LogP contribution in [0.5, 0.6) is 17.2 Å². The Hall–Kier alpha value is -0.900. The van der Waals surface area contributed by atoms with Crippen molar-refractivity contribution in [3.8, 4) is 17.2 Å². The maximum atomic E-state index is 5.55. The second kappa shape index (κ2) is 6.04. The van der Waals surface area contributed by atoms with Gasteiger partial charge in [-0.15, -0.1) is 0 Å². The van der Waals surface area contributed by atoms with Crippen LogP contribution in [0.1, 0.15) is 30.2 Å². The number of rotatable bonds is 6. The van der Waals surface area contributed by atoms with E-state index in [2.05, 4.69) is 28.9 Å². The standard InChI is InChI=1S/C15H21BrO3/c1-9(10-5-6-10)13(16)11-7-8-12(17-2)15(19-4)14(11)18-3/h7-10,13H,5-6H2,1-4H3. The second-order valence-corrected chi connectivity index (χ2v) is 6.01. The lowest BCUT2D eigenvalue weighted by Gasteiger charge is -2.22. The number of hydrogen-bond acceptors (Lipinski definition) is 3. The molecule has 0 aliphatic heterocycles. The molecule has 3 nitrogen and oxygen atoms in total. The highest BCUT2D eigenvalue weighted by molar-refractivity contribution is 9.09. The third-order valence-electron chi connectivity index (χ3n) is 3.86. The van der Waals surface area contributed by atoms with Crippen LogP contribution in [0.2, 0.25) is 0 Å².